The molecule has 1 fully saturated rings. The maximum Gasteiger partial charge on any atom is 0.249 e. The Balaban J connectivity index is 2.07. The van der Waals surface area contributed by atoms with Crippen LogP contribution in [0.1, 0.15) is 38.5 Å². The summed E-state index contributed by atoms with van der Waals surface area (Å²) in [5.74, 6) is -0.503. The molecule has 0 spiro atoms. The van der Waals surface area contributed by atoms with E-state index in [-0.39, 0.29) is 36.2 Å². The van der Waals surface area contributed by atoms with Crippen molar-refractivity contribution in [2.45, 2.75) is 52.2 Å². The van der Waals surface area contributed by atoms with E-state index in [0.29, 0.717) is 31.5 Å². The summed E-state index contributed by atoms with van der Waals surface area (Å²) in [6, 6.07) is 3.11. The van der Waals surface area contributed by atoms with Gasteiger partial charge in [-0.05, 0) is 37.1 Å². The molecule has 1 aliphatic rings. The average molecular weight is 449 g/mol. The van der Waals surface area contributed by atoms with Crippen molar-refractivity contribution in [1.82, 2.24) is 20.4 Å². The molecule has 2 N–H and O–H groups in total. The monoisotopic (exact) mass is 448 g/mol. The number of hydrogen-bond acceptors (Lipinski definition) is 5. The first kappa shape index (κ1) is 24.6. The van der Waals surface area contributed by atoms with Gasteiger partial charge < -0.3 is 20.4 Å². The molecule has 31 heavy (non-hydrogen) atoms. The van der Waals surface area contributed by atoms with Crippen molar-refractivity contribution in [3.05, 3.63) is 34.0 Å². The first-order valence-electron chi connectivity index (χ1n) is 10.5. The molecule has 0 unspecified atom stereocenters. The molecule has 2 heterocycles. The molecule has 0 radical (unpaired) electrons. The van der Waals surface area contributed by atoms with E-state index < -0.39 is 6.04 Å². The molecule has 1 saturated heterocycles. The maximum absolute atomic E-state index is 13.1. The largest absolute Gasteiger partial charge is 0.350 e. The van der Waals surface area contributed by atoms with Gasteiger partial charge >= 0.3 is 0 Å². The number of likely N-dealkylation sites (N-methyl/N-ethyl adjacent to an activating group) is 1. The van der Waals surface area contributed by atoms with Crippen LogP contribution in [0.15, 0.2) is 29.2 Å². The number of nitrogens with one attached hydrogen (secondary N) is 2. The van der Waals surface area contributed by atoms with Crippen molar-refractivity contribution in [1.29, 1.82) is 0 Å². The van der Waals surface area contributed by atoms with Gasteiger partial charge in [-0.2, -0.15) is 0 Å². The fourth-order valence-electron chi connectivity index (χ4n) is 3.71. The van der Waals surface area contributed by atoms with E-state index in [1.54, 1.807) is 36.3 Å². The molecular formula is C22H32N4O4S. The molecule has 1 aromatic heterocycles. The standard InChI is InChI=1S/C22H32N4O4S/c1-15(2)19(25(4)20(28)13-23-14-27)11-16(3)22(30)26-9-5-8-18(26)21(29)24-12-17-7-6-10-31-17/h6-7,10-11,14-15,18-19H,5,8-9,12-13H2,1-4H3,(H,23,27)(H,24,29)/b16-11+/t18-,19+/m0/s1. The maximum atomic E-state index is 13.1. The summed E-state index contributed by atoms with van der Waals surface area (Å²) in [7, 11) is 1.66. The Morgan fingerprint density at radius 2 is 2.10 bits per heavy atom. The van der Waals surface area contributed by atoms with E-state index in [4.69, 9.17) is 0 Å². The highest BCUT2D eigenvalue weighted by atomic mass is 32.1. The van der Waals surface area contributed by atoms with Gasteiger partial charge in [0, 0.05) is 24.0 Å². The van der Waals surface area contributed by atoms with Gasteiger partial charge in [0.2, 0.25) is 24.1 Å². The quantitative estimate of drug-likeness (QED) is 0.419. The van der Waals surface area contributed by atoms with Crippen molar-refractivity contribution in [2.24, 2.45) is 5.92 Å². The number of hydrogen-bond donors (Lipinski definition) is 2. The van der Waals surface area contributed by atoms with Crippen LogP contribution in [-0.2, 0) is 25.7 Å². The number of nitrogens with zero attached hydrogens (tertiary/aromatic N) is 2. The lowest BCUT2D eigenvalue weighted by molar-refractivity contribution is -0.135. The smallest absolute Gasteiger partial charge is 0.249 e. The number of likely N-dealkylation sites (tertiary alicyclic amines) is 1. The molecule has 2 rings (SSSR count). The number of thiophene rings is 1. The third-order valence-electron chi connectivity index (χ3n) is 5.45. The molecule has 2 atom stereocenters. The van der Waals surface area contributed by atoms with Crippen LogP contribution in [0.2, 0.25) is 0 Å². The van der Waals surface area contributed by atoms with Gasteiger partial charge in [-0.1, -0.05) is 26.0 Å². The Bertz CT molecular complexity index is 806. The van der Waals surface area contributed by atoms with E-state index in [1.807, 2.05) is 31.4 Å². The highest BCUT2D eigenvalue weighted by molar-refractivity contribution is 7.09. The highest BCUT2D eigenvalue weighted by Crippen LogP contribution is 2.22. The van der Waals surface area contributed by atoms with Crippen LogP contribution in [0.4, 0.5) is 0 Å². The summed E-state index contributed by atoms with van der Waals surface area (Å²) in [5.41, 5.74) is 0.500. The number of carbonyl (C=O) groups is 4. The zero-order chi connectivity index (χ0) is 23.0. The van der Waals surface area contributed by atoms with Crippen molar-refractivity contribution < 1.29 is 19.2 Å². The summed E-state index contributed by atoms with van der Waals surface area (Å²) in [6.07, 6.45) is 3.68. The normalized spacial score (nSPS) is 17.4. The molecule has 0 saturated carbocycles. The van der Waals surface area contributed by atoms with Crippen LogP contribution >= 0.6 is 11.3 Å². The van der Waals surface area contributed by atoms with Crippen LogP contribution in [0.25, 0.3) is 0 Å². The van der Waals surface area contributed by atoms with Crippen molar-refractivity contribution in [3.8, 4) is 0 Å². The fraction of sp³-hybridized carbons (Fsp3) is 0.545. The van der Waals surface area contributed by atoms with Gasteiger partial charge in [-0.25, -0.2) is 0 Å². The SMILES string of the molecule is C/C(=C\[C@H](C(C)C)N(C)C(=O)CNC=O)C(=O)N1CCC[C@H]1C(=O)NCc1cccs1. The number of amides is 4. The minimum atomic E-state index is -0.482. The van der Waals surface area contributed by atoms with E-state index in [9.17, 15) is 19.2 Å². The van der Waals surface area contributed by atoms with Gasteiger partial charge in [-0.15, -0.1) is 11.3 Å². The van der Waals surface area contributed by atoms with E-state index in [1.165, 1.54) is 4.90 Å². The lowest BCUT2D eigenvalue weighted by Crippen LogP contribution is -2.46. The van der Waals surface area contributed by atoms with Crippen LogP contribution in [0.5, 0.6) is 0 Å². The predicted molar refractivity (Wildman–Crippen MR) is 120 cm³/mol. The van der Waals surface area contributed by atoms with Crippen LogP contribution < -0.4 is 10.6 Å². The summed E-state index contributed by atoms with van der Waals surface area (Å²) < 4.78 is 0. The van der Waals surface area contributed by atoms with E-state index >= 15 is 0 Å². The zero-order valence-corrected chi connectivity index (χ0v) is 19.4. The van der Waals surface area contributed by atoms with Gasteiger partial charge in [0.15, 0.2) is 0 Å². The fourth-order valence-corrected chi connectivity index (χ4v) is 4.36. The topological polar surface area (TPSA) is 98.8 Å². The molecule has 0 aromatic carbocycles. The molecule has 1 aliphatic heterocycles. The third kappa shape index (κ3) is 6.65. The van der Waals surface area contributed by atoms with E-state index in [2.05, 4.69) is 10.6 Å². The molecule has 1 aromatic rings. The minimum Gasteiger partial charge on any atom is -0.350 e. The highest BCUT2D eigenvalue weighted by Gasteiger charge is 2.35. The Morgan fingerprint density at radius 3 is 2.71 bits per heavy atom. The summed E-state index contributed by atoms with van der Waals surface area (Å²) in [4.78, 5) is 52.8. The van der Waals surface area contributed by atoms with Crippen molar-refractivity contribution in [2.75, 3.05) is 20.1 Å². The Morgan fingerprint density at radius 1 is 1.35 bits per heavy atom. The lowest BCUT2D eigenvalue weighted by atomic mass is 9.99. The lowest BCUT2D eigenvalue weighted by Gasteiger charge is -2.30. The Kier molecular flexibility index (Phi) is 9.23. The molecule has 0 aliphatic carbocycles. The van der Waals surface area contributed by atoms with Gasteiger partial charge in [-0.3, -0.25) is 19.2 Å². The summed E-state index contributed by atoms with van der Waals surface area (Å²) in [5, 5.41) is 7.27. The van der Waals surface area contributed by atoms with Crippen molar-refractivity contribution in [3.63, 3.8) is 0 Å². The van der Waals surface area contributed by atoms with Crippen LogP contribution in [0.3, 0.4) is 0 Å². The predicted octanol–water partition coefficient (Wildman–Crippen LogP) is 1.53. The molecule has 170 valence electrons. The van der Waals surface area contributed by atoms with Gasteiger partial charge in [0.25, 0.3) is 0 Å². The van der Waals surface area contributed by atoms with Gasteiger partial charge in [0.1, 0.15) is 6.04 Å². The third-order valence-corrected chi connectivity index (χ3v) is 6.33. The van der Waals surface area contributed by atoms with Crippen LogP contribution in [-0.4, -0.2) is 66.2 Å². The Labute approximate surface area is 187 Å². The minimum absolute atomic E-state index is 0.0661. The van der Waals surface area contributed by atoms with E-state index in [0.717, 1.165) is 11.3 Å². The van der Waals surface area contributed by atoms with Crippen LogP contribution in [0, 0.1) is 5.92 Å². The first-order chi connectivity index (χ1) is 14.8. The second kappa shape index (κ2) is 11.6. The average Bonchev–Trinajstić information content (AvgIpc) is 3.44. The second-order valence-corrected chi connectivity index (χ2v) is 9.07. The van der Waals surface area contributed by atoms with Crippen molar-refractivity contribution >= 4 is 35.5 Å². The second-order valence-electron chi connectivity index (χ2n) is 8.04. The summed E-state index contributed by atoms with van der Waals surface area (Å²) in [6.45, 7) is 6.55. The number of carbonyl (C=O) groups excluding carboxylic acids is 4. The zero-order valence-electron chi connectivity index (χ0n) is 18.6. The molecule has 9 heteroatoms. The molecular weight excluding hydrogens is 416 g/mol. The van der Waals surface area contributed by atoms with Gasteiger partial charge in [0.05, 0.1) is 19.1 Å². The first-order valence-corrected chi connectivity index (χ1v) is 11.4. The molecule has 4 amide bonds. The molecule has 0 bridgehead atoms. The summed E-state index contributed by atoms with van der Waals surface area (Å²) >= 11 is 1.58. The molecule has 8 nitrogen and oxygen atoms in total. The Hall–Kier alpha value is -2.68. The number of rotatable bonds is 10.